The number of amides is 3. The normalized spacial score (nSPS) is 21.4. The summed E-state index contributed by atoms with van der Waals surface area (Å²) in [5, 5.41) is 2.30. The first kappa shape index (κ1) is 24.4. The van der Waals surface area contributed by atoms with E-state index in [9.17, 15) is 22.8 Å². The number of carbonyl (C=O) groups is 3. The van der Waals surface area contributed by atoms with Crippen LogP contribution in [0.5, 0.6) is 5.75 Å². The van der Waals surface area contributed by atoms with Crippen molar-refractivity contribution < 1.29 is 27.5 Å². The highest BCUT2D eigenvalue weighted by molar-refractivity contribution is 7.89. The fraction of sp³-hybridized carbons (Fsp3) is 0.400. The Labute approximate surface area is 209 Å². The van der Waals surface area contributed by atoms with Gasteiger partial charge in [0, 0.05) is 43.7 Å². The van der Waals surface area contributed by atoms with Crippen LogP contribution in [-0.2, 0) is 32.8 Å². The van der Waals surface area contributed by atoms with E-state index in [1.54, 1.807) is 42.5 Å². The minimum Gasteiger partial charge on any atom is -0.489 e. The lowest BCUT2D eigenvalue weighted by atomic mass is 10.0. The van der Waals surface area contributed by atoms with Crippen LogP contribution in [0.3, 0.4) is 0 Å². The second kappa shape index (κ2) is 9.64. The Morgan fingerprint density at radius 1 is 1.00 bits per heavy atom. The molecule has 2 saturated heterocycles. The molecule has 3 aliphatic rings. The van der Waals surface area contributed by atoms with E-state index in [4.69, 9.17) is 4.74 Å². The van der Waals surface area contributed by atoms with Gasteiger partial charge in [-0.3, -0.25) is 19.7 Å². The Balaban J connectivity index is 1.26. The van der Waals surface area contributed by atoms with Crippen molar-refractivity contribution in [3.8, 4) is 5.75 Å². The van der Waals surface area contributed by atoms with Crippen LogP contribution in [0.15, 0.2) is 47.4 Å². The predicted octanol–water partition coefficient (Wildman–Crippen LogP) is 0.963. The molecule has 2 aromatic rings. The summed E-state index contributed by atoms with van der Waals surface area (Å²) in [7, 11) is -1.56. The zero-order valence-corrected chi connectivity index (χ0v) is 20.8. The molecule has 3 heterocycles. The van der Waals surface area contributed by atoms with Crippen LogP contribution in [-0.4, -0.2) is 79.5 Å². The monoisotopic (exact) mass is 512 g/mol. The van der Waals surface area contributed by atoms with E-state index >= 15 is 0 Å². The van der Waals surface area contributed by atoms with E-state index in [0.29, 0.717) is 49.5 Å². The highest BCUT2D eigenvalue weighted by Gasteiger charge is 2.40. The Morgan fingerprint density at radius 3 is 2.42 bits per heavy atom. The summed E-state index contributed by atoms with van der Waals surface area (Å²) in [6.07, 6.45) is 0.490. The molecular weight excluding hydrogens is 484 g/mol. The number of hydrogen-bond donors (Lipinski definition) is 1. The van der Waals surface area contributed by atoms with Crippen molar-refractivity contribution in [3.05, 3.63) is 59.2 Å². The number of ether oxygens (including phenoxy) is 1. The lowest BCUT2D eigenvalue weighted by molar-refractivity contribution is -0.136. The molecule has 3 amide bonds. The number of sulfonamides is 1. The van der Waals surface area contributed by atoms with Crippen molar-refractivity contribution in [1.29, 1.82) is 0 Å². The molecule has 0 saturated carbocycles. The van der Waals surface area contributed by atoms with Gasteiger partial charge < -0.3 is 14.5 Å². The second-order valence-corrected chi connectivity index (χ2v) is 11.3. The molecule has 10 nitrogen and oxygen atoms in total. The number of piperidine rings is 1. The second-order valence-electron chi connectivity index (χ2n) is 9.32. The molecule has 3 aliphatic heterocycles. The summed E-state index contributed by atoms with van der Waals surface area (Å²) < 4.78 is 33.4. The molecule has 1 N–H and O–H groups in total. The summed E-state index contributed by atoms with van der Waals surface area (Å²) in [5.41, 5.74) is 1.96. The number of likely N-dealkylation sites (N-methyl/N-ethyl adjacent to an activating group) is 1. The van der Waals surface area contributed by atoms with Gasteiger partial charge in [-0.05, 0) is 43.3 Å². The smallest absolute Gasteiger partial charge is 0.255 e. The van der Waals surface area contributed by atoms with Crippen LogP contribution < -0.4 is 10.1 Å². The molecule has 0 aliphatic carbocycles. The molecule has 36 heavy (non-hydrogen) atoms. The number of carbonyl (C=O) groups excluding carboxylic acids is 3. The molecule has 1 unspecified atom stereocenters. The average molecular weight is 513 g/mol. The summed E-state index contributed by atoms with van der Waals surface area (Å²) in [4.78, 5) is 40.6. The molecule has 190 valence electrons. The van der Waals surface area contributed by atoms with E-state index in [0.717, 1.165) is 5.56 Å². The van der Waals surface area contributed by atoms with Crippen molar-refractivity contribution in [2.24, 2.45) is 0 Å². The number of hydrogen-bond acceptors (Lipinski definition) is 7. The average Bonchev–Trinajstić information content (AvgIpc) is 3.20. The van der Waals surface area contributed by atoms with Crippen molar-refractivity contribution in [2.45, 2.75) is 36.9 Å². The third-order valence-corrected chi connectivity index (χ3v) is 8.87. The van der Waals surface area contributed by atoms with Gasteiger partial charge >= 0.3 is 0 Å². The number of benzene rings is 2. The molecule has 5 rings (SSSR count). The van der Waals surface area contributed by atoms with Gasteiger partial charge in [0.15, 0.2) is 0 Å². The third-order valence-electron chi connectivity index (χ3n) is 6.96. The van der Waals surface area contributed by atoms with Gasteiger partial charge in [0.1, 0.15) is 18.4 Å². The minimum atomic E-state index is -3.54. The molecular formula is C25H28N4O6S. The highest BCUT2D eigenvalue weighted by atomic mass is 32.2. The Hall–Kier alpha value is -3.28. The third kappa shape index (κ3) is 4.61. The van der Waals surface area contributed by atoms with E-state index < -0.39 is 22.0 Å². The lowest BCUT2D eigenvalue weighted by Crippen LogP contribution is -2.52. The van der Waals surface area contributed by atoms with Crippen LogP contribution in [0.2, 0.25) is 0 Å². The first-order valence-electron chi connectivity index (χ1n) is 11.9. The van der Waals surface area contributed by atoms with E-state index in [1.165, 1.54) is 9.21 Å². The number of nitrogens with zero attached hydrogens (tertiary/aromatic N) is 3. The van der Waals surface area contributed by atoms with Crippen molar-refractivity contribution in [1.82, 2.24) is 19.4 Å². The Kier molecular flexibility index (Phi) is 6.54. The quantitative estimate of drug-likeness (QED) is 0.573. The first-order valence-corrected chi connectivity index (χ1v) is 13.3. The summed E-state index contributed by atoms with van der Waals surface area (Å²) >= 11 is 0. The maximum atomic E-state index is 13.0. The van der Waals surface area contributed by atoms with Crippen LogP contribution >= 0.6 is 0 Å². The highest BCUT2D eigenvalue weighted by Crippen LogP contribution is 2.34. The molecule has 0 spiro atoms. The molecule has 2 fully saturated rings. The van der Waals surface area contributed by atoms with Gasteiger partial charge in [-0.2, -0.15) is 4.31 Å². The maximum Gasteiger partial charge on any atom is 0.255 e. The van der Waals surface area contributed by atoms with Crippen molar-refractivity contribution >= 4 is 27.7 Å². The standard InChI is InChI=1S/C25H28N4O6S/c1-27-11-13-28(14-12-27)36(33,34)18-7-5-17(6-8-18)16-35-22-4-2-3-19-20(22)15-29(25(19)32)21-9-10-23(30)26-24(21)31/h2-8,21H,9-16H2,1H3,(H,26,30,31). The fourth-order valence-electron chi connectivity index (χ4n) is 4.79. The van der Waals surface area contributed by atoms with E-state index in [2.05, 4.69) is 10.2 Å². The van der Waals surface area contributed by atoms with Crippen LogP contribution in [0.4, 0.5) is 0 Å². The fourth-order valence-corrected chi connectivity index (χ4v) is 6.21. The van der Waals surface area contributed by atoms with Crippen molar-refractivity contribution in [3.63, 3.8) is 0 Å². The summed E-state index contributed by atoms with van der Waals surface area (Å²) in [5.74, 6) is -0.513. The molecule has 1 atom stereocenters. The largest absolute Gasteiger partial charge is 0.489 e. The van der Waals surface area contributed by atoms with Gasteiger partial charge in [0.25, 0.3) is 5.91 Å². The van der Waals surface area contributed by atoms with E-state index in [1.807, 2.05) is 7.05 Å². The maximum absolute atomic E-state index is 13.0. The zero-order valence-electron chi connectivity index (χ0n) is 20.0. The van der Waals surface area contributed by atoms with Crippen molar-refractivity contribution in [2.75, 3.05) is 33.2 Å². The molecule has 0 radical (unpaired) electrons. The van der Waals surface area contributed by atoms with Gasteiger partial charge in [-0.15, -0.1) is 0 Å². The number of imide groups is 1. The predicted molar refractivity (Wildman–Crippen MR) is 130 cm³/mol. The molecule has 11 heteroatoms. The molecule has 0 bridgehead atoms. The van der Waals surface area contributed by atoms with Gasteiger partial charge in [0.05, 0.1) is 11.4 Å². The topological polar surface area (TPSA) is 116 Å². The van der Waals surface area contributed by atoms with Gasteiger partial charge in [-0.25, -0.2) is 8.42 Å². The number of fused-ring (bicyclic) bond motifs is 1. The first-order chi connectivity index (χ1) is 17.2. The van der Waals surface area contributed by atoms with Gasteiger partial charge in [-0.1, -0.05) is 18.2 Å². The van der Waals surface area contributed by atoms with Crippen LogP contribution in [0.25, 0.3) is 0 Å². The summed E-state index contributed by atoms with van der Waals surface area (Å²) in [6.45, 7) is 2.76. The Morgan fingerprint density at radius 2 is 1.72 bits per heavy atom. The van der Waals surface area contributed by atoms with Gasteiger partial charge in [0.2, 0.25) is 21.8 Å². The lowest BCUT2D eigenvalue weighted by Gasteiger charge is -2.31. The Bertz CT molecular complexity index is 1300. The molecule has 0 aromatic heterocycles. The van der Waals surface area contributed by atoms with Crippen LogP contribution in [0, 0.1) is 0 Å². The minimum absolute atomic E-state index is 0.192. The summed E-state index contributed by atoms with van der Waals surface area (Å²) in [6, 6.07) is 11.2. The zero-order chi connectivity index (χ0) is 25.4. The van der Waals surface area contributed by atoms with Crippen LogP contribution in [0.1, 0.15) is 34.3 Å². The number of nitrogens with one attached hydrogen (secondary N) is 1. The van der Waals surface area contributed by atoms with E-state index in [-0.39, 0.29) is 36.3 Å². The number of piperazine rings is 1. The number of rotatable bonds is 6. The SMILES string of the molecule is CN1CCN(S(=O)(=O)c2ccc(COc3cccc4c3CN(C3CCC(=O)NC3=O)C4=O)cc2)CC1. The molecule has 2 aromatic carbocycles.